The van der Waals surface area contributed by atoms with Gasteiger partial charge in [-0.05, 0) is 24.3 Å². The van der Waals surface area contributed by atoms with Crippen molar-refractivity contribution in [1.82, 2.24) is 0 Å². The predicted molar refractivity (Wildman–Crippen MR) is 81.2 cm³/mol. The third-order valence-corrected chi connectivity index (χ3v) is 3.32. The van der Waals surface area contributed by atoms with Gasteiger partial charge in [-0.15, -0.1) is 0 Å². The summed E-state index contributed by atoms with van der Waals surface area (Å²) >= 11 is 0. The maximum absolute atomic E-state index is 9.29. The summed E-state index contributed by atoms with van der Waals surface area (Å²) in [6, 6.07) is 19.0. The number of hydrogen-bond acceptors (Lipinski definition) is 4. The number of anilines is 2. The minimum Gasteiger partial charge on any atom is -0.409 e. The summed E-state index contributed by atoms with van der Waals surface area (Å²) in [6.07, 6.45) is 0. The van der Waals surface area contributed by atoms with Crippen molar-refractivity contribution in [3.05, 3.63) is 60.7 Å². The predicted octanol–water partition coefficient (Wildman–Crippen LogP) is 2.55. The summed E-state index contributed by atoms with van der Waals surface area (Å²) in [4.78, 5) is 3.53. The van der Waals surface area contributed by atoms with Gasteiger partial charge in [0.2, 0.25) is 11.7 Å². The van der Waals surface area contributed by atoms with Crippen molar-refractivity contribution < 1.29 is 10.4 Å². The molecule has 0 unspecified atom stereocenters. The first-order valence-corrected chi connectivity index (χ1v) is 6.45. The SMILES string of the molecule is ON=C1/C(=N/O)N(c2ccccc2)CN1c1ccccc1. The van der Waals surface area contributed by atoms with Crippen LogP contribution in [0.15, 0.2) is 71.0 Å². The molecule has 2 aromatic rings. The van der Waals surface area contributed by atoms with Crippen LogP contribution in [0.5, 0.6) is 0 Å². The molecule has 1 heterocycles. The summed E-state index contributed by atoms with van der Waals surface area (Å²) in [5.41, 5.74) is 1.70. The first-order valence-electron chi connectivity index (χ1n) is 6.45. The smallest absolute Gasteiger partial charge is 0.220 e. The molecule has 0 radical (unpaired) electrons. The third kappa shape index (κ3) is 2.27. The molecular weight excluding hydrogens is 268 g/mol. The first-order chi connectivity index (χ1) is 10.3. The molecule has 0 aliphatic carbocycles. The number of oxime groups is 2. The molecular formula is C15H14N4O2. The molecule has 1 aliphatic heterocycles. The Labute approximate surface area is 121 Å². The van der Waals surface area contributed by atoms with E-state index in [-0.39, 0.29) is 11.7 Å². The Kier molecular flexibility index (Phi) is 3.42. The van der Waals surface area contributed by atoms with E-state index in [0.29, 0.717) is 6.67 Å². The first kappa shape index (κ1) is 13.0. The Hall–Kier alpha value is -3.02. The maximum atomic E-state index is 9.29. The summed E-state index contributed by atoms with van der Waals surface area (Å²) in [7, 11) is 0. The molecule has 0 saturated carbocycles. The fourth-order valence-corrected chi connectivity index (χ4v) is 2.34. The van der Waals surface area contributed by atoms with Crippen LogP contribution in [0.25, 0.3) is 0 Å². The highest BCUT2D eigenvalue weighted by Crippen LogP contribution is 2.25. The van der Waals surface area contributed by atoms with Crippen molar-refractivity contribution in [2.45, 2.75) is 0 Å². The van der Waals surface area contributed by atoms with E-state index in [1.807, 2.05) is 60.7 Å². The Bertz CT molecular complexity index is 611. The molecule has 0 spiro atoms. The van der Waals surface area contributed by atoms with Crippen molar-refractivity contribution >= 4 is 23.0 Å². The van der Waals surface area contributed by atoms with E-state index in [1.54, 1.807) is 9.80 Å². The topological polar surface area (TPSA) is 71.7 Å². The minimum absolute atomic E-state index is 0.201. The number of nitrogens with zero attached hydrogens (tertiary/aromatic N) is 4. The maximum Gasteiger partial charge on any atom is 0.220 e. The van der Waals surface area contributed by atoms with Crippen LogP contribution in [0.2, 0.25) is 0 Å². The summed E-state index contributed by atoms with van der Waals surface area (Å²) in [5, 5.41) is 25.2. The lowest BCUT2D eigenvalue weighted by atomic mass is 10.3. The zero-order valence-electron chi connectivity index (χ0n) is 11.2. The van der Waals surface area contributed by atoms with Gasteiger partial charge in [0, 0.05) is 11.4 Å². The Morgan fingerprint density at radius 1 is 0.667 bits per heavy atom. The fraction of sp³-hybridized carbons (Fsp3) is 0.0667. The molecule has 21 heavy (non-hydrogen) atoms. The van der Waals surface area contributed by atoms with Crippen LogP contribution >= 0.6 is 0 Å². The molecule has 0 amide bonds. The van der Waals surface area contributed by atoms with Gasteiger partial charge >= 0.3 is 0 Å². The van der Waals surface area contributed by atoms with E-state index in [0.717, 1.165) is 11.4 Å². The van der Waals surface area contributed by atoms with Gasteiger partial charge in [-0.1, -0.05) is 46.7 Å². The van der Waals surface area contributed by atoms with Gasteiger partial charge in [0.25, 0.3) is 0 Å². The summed E-state index contributed by atoms with van der Waals surface area (Å²) in [5.74, 6) is 0.403. The zero-order chi connectivity index (χ0) is 14.7. The molecule has 1 saturated heterocycles. The van der Waals surface area contributed by atoms with Crippen LogP contribution in [0, 0.1) is 0 Å². The van der Waals surface area contributed by atoms with Crippen LogP contribution in [0.4, 0.5) is 11.4 Å². The van der Waals surface area contributed by atoms with Crippen molar-refractivity contribution in [1.29, 1.82) is 0 Å². The van der Waals surface area contributed by atoms with Crippen molar-refractivity contribution in [2.75, 3.05) is 16.5 Å². The number of rotatable bonds is 2. The summed E-state index contributed by atoms with van der Waals surface area (Å²) < 4.78 is 0. The second-order valence-electron chi connectivity index (χ2n) is 4.52. The monoisotopic (exact) mass is 282 g/mol. The lowest BCUT2D eigenvalue weighted by molar-refractivity contribution is 0.314. The lowest BCUT2D eigenvalue weighted by Crippen LogP contribution is -2.27. The van der Waals surface area contributed by atoms with E-state index in [2.05, 4.69) is 10.3 Å². The molecule has 6 heteroatoms. The molecule has 1 aliphatic rings. The van der Waals surface area contributed by atoms with Gasteiger partial charge in [-0.3, -0.25) is 0 Å². The molecule has 106 valence electrons. The Morgan fingerprint density at radius 2 is 1.05 bits per heavy atom. The zero-order valence-corrected chi connectivity index (χ0v) is 11.2. The van der Waals surface area contributed by atoms with Gasteiger partial charge in [-0.2, -0.15) is 0 Å². The number of benzene rings is 2. The van der Waals surface area contributed by atoms with E-state index >= 15 is 0 Å². The van der Waals surface area contributed by atoms with E-state index in [9.17, 15) is 10.4 Å². The molecule has 2 N–H and O–H groups in total. The highest BCUT2D eigenvalue weighted by molar-refractivity contribution is 6.52. The van der Waals surface area contributed by atoms with Gasteiger partial charge < -0.3 is 20.2 Å². The Balaban J connectivity index is 2.02. The second-order valence-corrected chi connectivity index (χ2v) is 4.52. The average molecular weight is 282 g/mol. The quantitative estimate of drug-likeness (QED) is 0.656. The third-order valence-electron chi connectivity index (χ3n) is 3.32. The van der Waals surface area contributed by atoms with E-state index in [1.165, 1.54) is 0 Å². The largest absolute Gasteiger partial charge is 0.409 e. The Morgan fingerprint density at radius 3 is 1.38 bits per heavy atom. The van der Waals surface area contributed by atoms with Crippen LogP contribution in [0.1, 0.15) is 0 Å². The number of amidine groups is 2. The van der Waals surface area contributed by atoms with Crippen molar-refractivity contribution in [3.63, 3.8) is 0 Å². The molecule has 1 fully saturated rings. The standard InChI is InChI=1S/C15H14N4O2/c20-16-14-15(17-21)19(13-9-5-2-6-10-13)11-18(14)12-7-3-1-4-8-12/h1-10,20-21H,11H2/b16-14-,17-15?. The van der Waals surface area contributed by atoms with Crippen LogP contribution in [-0.4, -0.2) is 28.8 Å². The highest BCUT2D eigenvalue weighted by atomic mass is 16.4. The van der Waals surface area contributed by atoms with E-state index in [4.69, 9.17) is 0 Å². The van der Waals surface area contributed by atoms with E-state index < -0.39 is 0 Å². The van der Waals surface area contributed by atoms with Crippen molar-refractivity contribution in [2.24, 2.45) is 10.3 Å². The normalized spacial score (nSPS) is 18.7. The molecule has 6 nitrogen and oxygen atoms in total. The second kappa shape index (κ2) is 5.54. The molecule has 0 aromatic heterocycles. The summed E-state index contributed by atoms with van der Waals surface area (Å²) in [6.45, 7) is 0.396. The van der Waals surface area contributed by atoms with Gasteiger partial charge in [0.1, 0.15) is 6.67 Å². The lowest BCUT2D eigenvalue weighted by Gasteiger charge is -2.19. The molecule has 0 atom stereocenters. The van der Waals surface area contributed by atoms with Crippen LogP contribution in [0.3, 0.4) is 0 Å². The molecule has 2 aromatic carbocycles. The van der Waals surface area contributed by atoms with Crippen LogP contribution in [-0.2, 0) is 0 Å². The average Bonchev–Trinajstić information content (AvgIpc) is 2.95. The fourth-order valence-electron chi connectivity index (χ4n) is 2.34. The minimum atomic E-state index is 0.201. The molecule has 0 bridgehead atoms. The number of para-hydroxylation sites is 2. The highest BCUT2D eigenvalue weighted by Gasteiger charge is 2.35. The van der Waals surface area contributed by atoms with Crippen LogP contribution < -0.4 is 9.80 Å². The number of hydrogen-bond donors (Lipinski definition) is 2. The molecule has 3 rings (SSSR count). The van der Waals surface area contributed by atoms with Gasteiger partial charge in [0.05, 0.1) is 0 Å². The van der Waals surface area contributed by atoms with Gasteiger partial charge in [0.15, 0.2) is 0 Å². The van der Waals surface area contributed by atoms with Gasteiger partial charge in [-0.25, -0.2) is 0 Å². The van der Waals surface area contributed by atoms with Crippen molar-refractivity contribution in [3.8, 4) is 0 Å².